The van der Waals surface area contributed by atoms with E-state index in [4.69, 9.17) is 0 Å². The normalized spacial score (nSPS) is 0. The zero-order valence-corrected chi connectivity index (χ0v) is 10.7. The average molecular weight is 385 g/mol. The van der Waals surface area contributed by atoms with Crippen molar-refractivity contribution in [2.75, 3.05) is 0 Å². The van der Waals surface area contributed by atoms with E-state index in [2.05, 4.69) is 0 Å². The van der Waals surface area contributed by atoms with Crippen molar-refractivity contribution in [3.8, 4) is 0 Å². The average Bonchev–Trinajstić information content (AvgIpc) is 0. The summed E-state index contributed by atoms with van der Waals surface area (Å²) in [6.45, 7) is 0. The first-order valence-corrected chi connectivity index (χ1v) is 0. The van der Waals surface area contributed by atoms with Gasteiger partial charge in [0.25, 0.3) is 0 Å². The van der Waals surface area contributed by atoms with Gasteiger partial charge < -0.3 is 0 Å². The summed E-state index contributed by atoms with van der Waals surface area (Å²) in [6.07, 6.45) is 0. The summed E-state index contributed by atoms with van der Waals surface area (Å²) >= 11 is 0. The number of hydrogen-bond donors (Lipinski definition) is 0. The van der Waals surface area contributed by atoms with Gasteiger partial charge in [-0.1, -0.05) is 0 Å². The molecule has 0 bridgehead atoms. The molecule has 0 aromatic rings. The van der Waals surface area contributed by atoms with E-state index in [9.17, 15) is 0 Å². The van der Waals surface area contributed by atoms with E-state index in [0.29, 0.717) is 0 Å². The minimum atomic E-state index is 0. The minimum absolute atomic E-state index is 0. The van der Waals surface area contributed by atoms with Crippen LogP contribution in [-0.2, 0) is 71.7 Å². The number of rotatable bonds is 0. The predicted octanol–water partition coefficient (Wildman–Crippen LogP) is -1.19. The Morgan fingerprint density at radius 2 is 1.00 bits per heavy atom. The molecule has 0 amide bonds. The van der Waals surface area contributed by atoms with Gasteiger partial charge in [-0.3, -0.25) is 0 Å². The molecule has 0 aliphatic carbocycles. The van der Waals surface area contributed by atoms with Crippen molar-refractivity contribution in [2.45, 2.75) is 0 Å². The molecule has 0 spiro atoms. The molecule has 0 saturated carbocycles. The molecule has 0 aromatic heterocycles. The molecule has 0 rings (SSSR count). The fourth-order valence-corrected chi connectivity index (χ4v) is 0. The molecule has 0 aromatic carbocycles. The Bertz CT molecular complexity index is 11.6. The molecule has 0 unspecified atom stereocenters. The predicted molar refractivity (Wildman–Crippen MR) is 9.94 cm³/mol. The maximum atomic E-state index is 0. The van der Waals surface area contributed by atoms with Crippen LogP contribution in [0.25, 0.3) is 0 Å². The van der Waals surface area contributed by atoms with E-state index in [0.717, 1.165) is 0 Å². The third-order valence-corrected chi connectivity index (χ3v) is 0. The zero-order chi connectivity index (χ0) is 0. The quantitative estimate of drug-likeness (QED) is 0.461. The molecule has 5 heteroatoms. The van der Waals surface area contributed by atoms with E-state index >= 15 is 0 Å². The first-order chi connectivity index (χ1) is 0. The maximum Gasteiger partial charge on any atom is 0 e. The number of hydrogen-bond acceptors (Lipinski definition) is 0. The van der Waals surface area contributed by atoms with Crippen LogP contribution < -0.4 is 0 Å². The van der Waals surface area contributed by atoms with Crippen molar-refractivity contribution in [3.63, 3.8) is 0 Å². The molecule has 38 valence electrons. The van der Waals surface area contributed by atoms with Gasteiger partial charge >= 0.3 is 0 Å². The summed E-state index contributed by atoms with van der Waals surface area (Å²) in [5, 5.41) is 0. The molecule has 0 atom stereocenters. The van der Waals surface area contributed by atoms with Gasteiger partial charge in [0.05, 0.1) is 0 Å². The van der Waals surface area contributed by atoms with Gasteiger partial charge in [0.2, 0.25) is 0 Å². The first kappa shape index (κ1) is 51.9. The third kappa shape index (κ3) is 21.3. The molecule has 5 heavy (non-hydrogen) atoms. The third-order valence-electron chi connectivity index (χ3n) is 0. The Labute approximate surface area is 81.8 Å². The van der Waals surface area contributed by atoms with Crippen LogP contribution >= 0.6 is 0 Å². The Morgan fingerprint density at radius 1 is 1.00 bits per heavy atom. The van der Waals surface area contributed by atoms with E-state index in [1.54, 1.807) is 0 Å². The summed E-state index contributed by atoms with van der Waals surface area (Å²) < 4.78 is 0. The van der Waals surface area contributed by atoms with Crippen molar-refractivity contribution in [3.05, 3.63) is 0 Å². The monoisotopic (exact) mass is 384 g/mol. The van der Waals surface area contributed by atoms with E-state index in [1.165, 1.54) is 0 Å². The van der Waals surface area contributed by atoms with Crippen LogP contribution in [0.3, 0.4) is 0 Å². The summed E-state index contributed by atoms with van der Waals surface area (Å²) in [5.74, 6) is 0. The summed E-state index contributed by atoms with van der Waals surface area (Å²) in [6, 6.07) is 0. The molecule has 0 N–H and O–H groups in total. The van der Waals surface area contributed by atoms with Crippen molar-refractivity contribution in [1.29, 1.82) is 0 Å². The summed E-state index contributed by atoms with van der Waals surface area (Å²) in [7, 11) is 0. The second kappa shape index (κ2) is 32.0. The maximum absolute atomic E-state index is 0. The molecule has 0 saturated heterocycles. The standard InChI is InChI=1S/Co.Cr.Ni.H3Si.W/h;;;1H3;. The van der Waals surface area contributed by atoms with Gasteiger partial charge in [0.15, 0.2) is 0 Å². The van der Waals surface area contributed by atoms with Crippen LogP contribution in [0.4, 0.5) is 0 Å². The van der Waals surface area contributed by atoms with Crippen LogP contribution in [0.2, 0.25) is 0 Å². The van der Waals surface area contributed by atoms with Crippen molar-refractivity contribution in [1.82, 2.24) is 0 Å². The second-order valence-electron chi connectivity index (χ2n) is 0. The van der Waals surface area contributed by atoms with Gasteiger partial charge in [-0.15, -0.1) is 0 Å². The van der Waals surface area contributed by atoms with Crippen LogP contribution in [0.1, 0.15) is 0 Å². The topological polar surface area (TPSA) is 0 Å². The molecular weight excluding hydrogens is 382 g/mol. The van der Waals surface area contributed by atoms with E-state index in [-0.39, 0.29) is 82.7 Å². The van der Waals surface area contributed by atoms with Gasteiger partial charge in [0, 0.05) is 71.7 Å². The van der Waals surface area contributed by atoms with Crippen LogP contribution in [0, 0.1) is 0 Å². The second-order valence-corrected chi connectivity index (χ2v) is 0. The van der Waals surface area contributed by atoms with Crippen LogP contribution in [-0.4, -0.2) is 11.0 Å². The smallest absolute Gasteiger partial charge is 0 e. The van der Waals surface area contributed by atoms with Crippen LogP contribution in [0.15, 0.2) is 0 Å². The Hall–Kier alpha value is 2.44. The molecule has 0 aliphatic heterocycles. The van der Waals surface area contributed by atoms with E-state index < -0.39 is 0 Å². The van der Waals surface area contributed by atoms with E-state index in [1.807, 2.05) is 0 Å². The molecular formula is H3CoCrNiSiW. The van der Waals surface area contributed by atoms with Crippen LogP contribution in [0.5, 0.6) is 0 Å². The zero-order valence-electron chi connectivity index (χ0n) is 2.47. The fourth-order valence-electron chi connectivity index (χ4n) is 0. The Balaban J connectivity index is 0. The fraction of sp³-hybridized carbons (Fsp3) is 0. The Morgan fingerprint density at radius 3 is 1.00 bits per heavy atom. The largest absolute Gasteiger partial charge is 0.0125 e. The molecule has 0 fully saturated rings. The minimum Gasteiger partial charge on any atom is -0.0125 e. The molecule has 0 aliphatic rings. The van der Waals surface area contributed by atoms with Gasteiger partial charge in [0.1, 0.15) is 0 Å². The van der Waals surface area contributed by atoms with Crippen molar-refractivity contribution in [2.24, 2.45) is 0 Å². The van der Waals surface area contributed by atoms with Gasteiger partial charge in [-0.2, -0.15) is 0 Å². The Kier molecular flexibility index (Phi) is 332. The molecule has 0 nitrogen and oxygen atoms in total. The molecule has 2 radical (unpaired) electrons. The van der Waals surface area contributed by atoms with Gasteiger partial charge in [-0.05, 0) is 11.0 Å². The summed E-state index contributed by atoms with van der Waals surface area (Å²) in [4.78, 5) is 0. The van der Waals surface area contributed by atoms with Gasteiger partial charge in [-0.25, -0.2) is 0 Å². The molecule has 0 heterocycles. The first-order valence-electron chi connectivity index (χ1n) is 0. The van der Waals surface area contributed by atoms with Crippen molar-refractivity contribution < 1.29 is 71.7 Å². The van der Waals surface area contributed by atoms with Crippen molar-refractivity contribution >= 4 is 11.0 Å². The summed E-state index contributed by atoms with van der Waals surface area (Å²) in [5.41, 5.74) is 0. The SMILES string of the molecule is [Co].[Cr].[Ni].[SiH3].[W].